The zero-order valence-electron chi connectivity index (χ0n) is 28.9. The number of rotatable bonds is 1. The minimum Gasteiger partial charge on any atom is -0.370 e. The van der Waals surface area contributed by atoms with E-state index in [9.17, 15) is 4.79 Å². The molecule has 8 heteroatoms. The Kier molecular flexibility index (Phi) is 8.77. The van der Waals surface area contributed by atoms with E-state index in [4.69, 9.17) is 14.7 Å². The molecule has 3 aliphatic rings. The second kappa shape index (κ2) is 11.7. The van der Waals surface area contributed by atoms with Crippen molar-refractivity contribution < 1.29 is 9.53 Å². The van der Waals surface area contributed by atoms with Crippen molar-refractivity contribution in [2.45, 2.75) is 135 Å². The quantitative estimate of drug-likeness (QED) is 0.315. The lowest BCUT2D eigenvalue weighted by Gasteiger charge is -2.48. The van der Waals surface area contributed by atoms with Gasteiger partial charge < -0.3 is 15.0 Å². The molecule has 3 aliphatic heterocycles. The minimum absolute atomic E-state index is 0.110. The zero-order chi connectivity index (χ0) is 32.2. The van der Waals surface area contributed by atoms with Crippen LogP contribution in [-0.4, -0.2) is 50.6 Å². The fraction of sp³-hybridized carbons (Fsp3) is 0.667. The van der Waals surface area contributed by atoms with Gasteiger partial charge in [0.15, 0.2) is 0 Å². The number of hydrogen-bond acceptors (Lipinski definition) is 6. The Bertz CT molecular complexity index is 1410. The summed E-state index contributed by atoms with van der Waals surface area (Å²) in [5.41, 5.74) is 0.985. The van der Waals surface area contributed by atoms with Gasteiger partial charge in [-0.2, -0.15) is 0 Å². The minimum atomic E-state index is -0.672. The van der Waals surface area contributed by atoms with Crippen LogP contribution in [0.1, 0.15) is 118 Å². The van der Waals surface area contributed by atoms with Crippen LogP contribution < -0.4 is 14.9 Å². The number of aromatic nitrogens is 2. The third kappa shape index (κ3) is 7.01. The Balaban J connectivity index is 1.62. The third-order valence-electron chi connectivity index (χ3n) is 9.83. The summed E-state index contributed by atoms with van der Waals surface area (Å²) >= 11 is 0. The molecule has 44 heavy (non-hydrogen) atoms. The summed E-state index contributed by atoms with van der Waals surface area (Å²) in [5, 5.41) is 6.81. The summed E-state index contributed by atoms with van der Waals surface area (Å²) < 4.78 is 9.83. The van der Waals surface area contributed by atoms with Crippen molar-refractivity contribution in [3.63, 3.8) is 0 Å². The first kappa shape index (κ1) is 32.9. The molecule has 0 aliphatic carbocycles. The number of amides is 1. The first-order chi connectivity index (χ1) is 20.4. The van der Waals surface area contributed by atoms with Gasteiger partial charge in [-0.3, -0.25) is 9.52 Å². The van der Waals surface area contributed by atoms with Gasteiger partial charge in [-0.25, -0.2) is 9.97 Å². The topological polar surface area (TPSA) is 79.4 Å². The molecule has 1 amide bonds. The predicted molar refractivity (Wildman–Crippen MR) is 185 cm³/mol. The Hall–Kier alpha value is -2.45. The van der Waals surface area contributed by atoms with Crippen molar-refractivity contribution in [3.8, 4) is 0 Å². The Morgan fingerprint density at radius 2 is 1.66 bits per heavy atom. The van der Waals surface area contributed by atoms with E-state index in [0.29, 0.717) is 23.3 Å². The van der Waals surface area contributed by atoms with Gasteiger partial charge in [-0.05, 0) is 132 Å². The summed E-state index contributed by atoms with van der Waals surface area (Å²) in [7, 11) is -0.672. The Labute approximate surface area is 268 Å². The number of fused-ring (bicyclic) bond motifs is 6. The highest BCUT2D eigenvalue weighted by Gasteiger charge is 2.46. The summed E-state index contributed by atoms with van der Waals surface area (Å²) in [5.74, 6) is 2.93. The fourth-order valence-corrected chi connectivity index (χ4v) is 9.10. The second-order valence-electron chi connectivity index (χ2n) is 16.3. The van der Waals surface area contributed by atoms with E-state index in [1.54, 1.807) is 0 Å². The van der Waals surface area contributed by atoms with Crippen molar-refractivity contribution in [3.05, 3.63) is 41.6 Å². The number of hydrogen-bond donors (Lipinski definition) is 2. The Morgan fingerprint density at radius 3 is 2.30 bits per heavy atom. The lowest BCUT2D eigenvalue weighted by molar-refractivity contribution is -0.174. The van der Waals surface area contributed by atoms with Crippen LogP contribution in [-0.2, 0) is 10.2 Å². The van der Waals surface area contributed by atoms with Crippen molar-refractivity contribution in [2.75, 3.05) is 16.8 Å². The molecule has 2 unspecified atom stereocenters. The van der Waals surface area contributed by atoms with Gasteiger partial charge in [0, 0.05) is 29.2 Å². The molecule has 2 saturated heterocycles. The van der Waals surface area contributed by atoms with E-state index in [-0.39, 0.29) is 34.1 Å². The molecular formula is C36H55N5O2S. The number of pyridine rings is 2. The first-order valence-electron chi connectivity index (χ1n) is 16.4. The normalized spacial score (nSPS) is 28.8. The van der Waals surface area contributed by atoms with Crippen molar-refractivity contribution in [1.29, 1.82) is 0 Å². The molecule has 2 aromatic heterocycles. The molecule has 4 bridgehead atoms. The SMILES string of the molecule is C/C=S1/NC(=O)c2ccc(C(C)(C)C)nc2N2C[C@H](CC2(C)C)[C@@H](C)CC(C2CC(C)(C)OC(C)(C)C2)Nc2cccc1n2. The lowest BCUT2D eigenvalue weighted by Crippen LogP contribution is -2.50. The molecular weight excluding hydrogens is 566 g/mol. The molecule has 4 atom stereocenters. The van der Waals surface area contributed by atoms with Gasteiger partial charge in [-0.15, -0.1) is 0 Å². The average Bonchev–Trinajstić information content (AvgIpc) is 3.23. The molecule has 242 valence electrons. The van der Waals surface area contributed by atoms with Crippen LogP contribution >= 0.6 is 10.7 Å². The van der Waals surface area contributed by atoms with Crippen molar-refractivity contribution in [2.24, 2.45) is 17.8 Å². The van der Waals surface area contributed by atoms with Gasteiger partial charge in [-0.1, -0.05) is 33.8 Å². The maximum Gasteiger partial charge on any atom is 0.264 e. The number of carbonyl (C=O) groups excluding carboxylic acids is 1. The summed E-state index contributed by atoms with van der Waals surface area (Å²) in [6.45, 7) is 25.4. The number of ether oxygens (including phenoxy) is 1. The molecule has 5 heterocycles. The average molecular weight is 622 g/mol. The van der Waals surface area contributed by atoms with Crippen LogP contribution in [0.5, 0.6) is 0 Å². The van der Waals surface area contributed by atoms with Crippen LogP contribution in [0.2, 0.25) is 0 Å². The zero-order valence-corrected chi connectivity index (χ0v) is 29.7. The van der Waals surface area contributed by atoms with Crippen LogP contribution in [0.15, 0.2) is 35.4 Å². The van der Waals surface area contributed by atoms with Gasteiger partial charge >= 0.3 is 0 Å². The molecule has 0 aromatic carbocycles. The van der Waals surface area contributed by atoms with Crippen molar-refractivity contribution >= 4 is 33.6 Å². The highest BCUT2D eigenvalue weighted by atomic mass is 32.2. The van der Waals surface area contributed by atoms with E-state index in [0.717, 1.165) is 54.6 Å². The lowest BCUT2D eigenvalue weighted by atomic mass is 9.73. The fourth-order valence-electron chi connectivity index (χ4n) is 7.91. The largest absolute Gasteiger partial charge is 0.370 e. The molecule has 2 N–H and O–H groups in total. The highest BCUT2D eigenvalue weighted by Crippen LogP contribution is 2.45. The number of carbonyl (C=O) groups is 1. The predicted octanol–water partition coefficient (Wildman–Crippen LogP) is 7.98. The monoisotopic (exact) mass is 621 g/mol. The van der Waals surface area contributed by atoms with E-state index < -0.39 is 10.7 Å². The van der Waals surface area contributed by atoms with Crippen LogP contribution in [0, 0.1) is 17.8 Å². The molecule has 0 radical (unpaired) electrons. The van der Waals surface area contributed by atoms with Crippen LogP contribution in [0.25, 0.3) is 0 Å². The molecule has 0 spiro atoms. The second-order valence-corrected chi connectivity index (χ2v) is 18.1. The van der Waals surface area contributed by atoms with Gasteiger partial charge in [0.25, 0.3) is 5.91 Å². The number of nitrogens with one attached hydrogen (secondary N) is 2. The van der Waals surface area contributed by atoms with Crippen molar-refractivity contribution in [1.82, 2.24) is 14.7 Å². The molecule has 0 saturated carbocycles. The third-order valence-corrected chi connectivity index (χ3v) is 11.4. The number of nitrogens with zero attached hydrogens (tertiary/aromatic N) is 3. The maximum absolute atomic E-state index is 14.1. The van der Waals surface area contributed by atoms with E-state index >= 15 is 0 Å². The molecule has 7 nitrogen and oxygen atoms in total. The maximum atomic E-state index is 14.1. The van der Waals surface area contributed by atoms with Gasteiger partial charge in [0.2, 0.25) is 0 Å². The summed E-state index contributed by atoms with van der Waals surface area (Å²) in [6.07, 6.45) is 4.09. The molecule has 5 rings (SSSR count). The molecule has 2 aromatic rings. The Morgan fingerprint density at radius 1 is 0.977 bits per heavy atom. The number of anilines is 2. The van der Waals surface area contributed by atoms with Gasteiger partial charge in [0.1, 0.15) is 16.7 Å². The van der Waals surface area contributed by atoms with Crippen LogP contribution in [0.3, 0.4) is 0 Å². The first-order valence-corrected chi connectivity index (χ1v) is 17.7. The summed E-state index contributed by atoms with van der Waals surface area (Å²) in [4.78, 5) is 26.8. The summed E-state index contributed by atoms with van der Waals surface area (Å²) in [6, 6.07) is 10.4. The van der Waals surface area contributed by atoms with Gasteiger partial charge in [0.05, 0.1) is 16.8 Å². The standard InChI is InChI=1S/C36H55N5O2S/c1-12-44-30-15-13-14-29(39-30)37-27(24-20-35(8,9)43-36(10,11)21-24)18-23(2)25-19-34(6,7)41(22-25)31-26(32(42)40-44)16-17-28(38-31)33(3,4)5/h12-17,23-25,27H,18-22H2,1-11H3,(H,37,39)(H,40,42)/t23-,25-,27?,44?/m0/s1. The highest BCUT2D eigenvalue weighted by molar-refractivity contribution is 8.13. The molecule has 2 fully saturated rings. The van der Waals surface area contributed by atoms with Crippen LogP contribution in [0.4, 0.5) is 11.6 Å². The van der Waals surface area contributed by atoms with E-state index in [2.05, 4.69) is 96.3 Å². The van der Waals surface area contributed by atoms with E-state index in [1.165, 1.54) is 0 Å². The van der Waals surface area contributed by atoms with E-state index in [1.807, 2.05) is 30.5 Å². The smallest absolute Gasteiger partial charge is 0.264 e.